The standard InChI is InChI=1S/C17H29NO4/c1-17(2,3)14-4-6-16(7-5-14)22-13-15(21)12-18(8-10-19)9-11-20/h4-7,15,19-21H,8-13H2,1-3H3/t15-/m0/s1. The predicted molar refractivity (Wildman–Crippen MR) is 87.3 cm³/mol. The maximum atomic E-state index is 9.99. The summed E-state index contributed by atoms with van der Waals surface area (Å²) < 4.78 is 5.59. The number of hydrogen-bond donors (Lipinski definition) is 3. The van der Waals surface area contributed by atoms with Crippen molar-refractivity contribution >= 4 is 0 Å². The molecule has 0 bridgehead atoms. The molecule has 0 aliphatic rings. The monoisotopic (exact) mass is 311 g/mol. The second kappa shape index (κ2) is 9.10. The van der Waals surface area contributed by atoms with E-state index in [1.54, 1.807) is 4.90 Å². The van der Waals surface area contributed by atoms with Gasteiger partial charge >= 0.3 is 0 Å². The fourth-order valence-corrected chi connectivity index (χ4v) is 2.17. The average molecular weight is 311 g/mol. The van der Waals surface area contributed by atoms with E-state index < -0.39 is 6.10 Å². The van der Waals surface area contributed by atoms with Crippen LogP contribution in [0.2, 0.25) is 0 Å². The van der Waals surface area contributed by atoms with E-state index >= 15 is 0 Å². The molecular formula is C17H29NO4. The lowest BCUT2D eigenvalue weighted by atomic mass is 9.87. The Morgan fingerprint density at radius 1 is 1.05 bits per heavy atom. The SMILES string of the molecule is CC(C)(C)c1ccc(OC[C@@H](O)CN(CCO)CCO)cc1. The molecule has 126 valence electrons. The lowest BCUT2D eigenvalue weighted by Crippen LogP contribution is -2.38. The van der Waals surface area contributed by atoms with Crippen LogP contribution in [-0.2, 0) is 5.41 Å². The van der Waals surface area contributed by atoms with Crippen molar-refractivity contribution in [2.24, 2.45) is 0 Å². The number of aliphatic hydroxyl groups excluding tert-OH is 3. The Morgan fingerprint density at radius 3 is 2.05 bits per heavy atom. The molecule has 5 nitrogen and oxygen atoms in total. The number of benzene rings is 1. The van der Waals surface area contributed by atoms with Crippen molar-refractivity contribution in [1.82, 2.24) is 4.90 Å². The normalized spacial score (nSPS) is 13.4. The van der Waals surface area contributed by atoms with Crippen LogP contribution >= 0.6 is 0 Å². The zero-order chi connectivity index (χ0) is 16.6. The van der Waals surface area contributed by atoms with E-state index in [0.717, 1.165) is 5.75 Å². The van der Waals surface area contributed by atoms with Gasteiger partial charge in [-0.15, -0.1) is 0 Å². The van der Waals surface area contributed by atoms with E-state index in [4.69, 9.17) is 14.9 Å². The molecule has 0 aliphatic heterocycles. The van der Waals surface area contributed by atoms with Crippen molar-refractivity contribution in [2.45, 2.75) is 32.3 Å². The Bertz CT molecular complexity index is 408. The molecule has 0 saturated carbocycles. The zero-order valence-electron chi connectivity index (χ0n) is 13.8. The van der Waals surface area contributed by atoms with Gasteiger partial charge in [-0.1, -0.05) is 32.9 Å². The minimum atomic E-state index is -0.666. The van der Waals surface area contributed by atoms with Crippen LogP contribution in [0.1, 0.15) is 26.3 Å². The molecule has 0 fully saturated rings. The third kappa shape index (κ3) is 6.75. The van der Waals surface area contributed by atoms with E-state index in [9.17, 15) is 5.11 Å². The minimum Gasteiger partial charge on any atom is -0.491 e. The summed E-state index contributed by atoms with van der Waals surface area (Å²) in [6.07, 6.45) is -0.666. The Morgan fingerprint density at radius 2 is 1.59 bits per heavy atom. The first-order chi connectivity index (χ1) is 10.4. The topological polar surface area (TPSA) is 73.2 Å². The highest BCUT2D eigenvalue weighted by molar-refractivity contribution is 5.31. The van der Waals surface area contributed by atoms with E-state index in [1.807, 2.05) is 24.3 Å². The van der Waals surface area contributed by atoms with Crippen LogP contribution in [0.15, 0.2) is 24.3 Å². The van der Waals surface area contributed by atoms with Crippen molar-refractivity contribution in [3.05, 3.63) is 29.8 Å². The van der Waals surface area contributed by atoms with Crippen LogP contribution in [-0.4, -0.2) is 65.8 Å². The Labute approximate surface area is 133 Å². The molecular weight excluding hydrogens is 282 g/mol. The van der Waals surface area contributed by atoms with Crippen LogP contribution in [0.4, 0.5) is 0 Å². The maximum absolute atomic E-state index is 9.99. The Hall–Kier alpha value is -1.14. The molecule has 0 heterocycles. The molecule has 1 aromatic rings. The second-order valence-corrected chi connectivity index (χ2v) is 6.49. The number of nitrogens with zero attached hydrogens (tertiary/aromatic N) is 1. The van der Waals surface area contributed by atoms with Crippen molar-refractivity contribution in [3.8, 4) is 5.75 Å². The molecule has 0 spiro atoms. The summed E-state index contributed by atoms with van der Waals surface area (Å²) in [6, 6.07) is 7.89. The lowest BCUT2D eigenvalue weighted by molar-refractivity contribution is 0.0552. The molecule has 0 aliphatic carbocycles. The lowest BCUT2D eigenvalue weighted by Gasteiger charge is -2.23. The van der Waals surface area contributed by atoms with E-state index in [-0.39, 0.29) is 25.2 Å². The van der Waals surface area contributed by atoms with Crippen molar-refractivity contribution < 1.29 is 20.1 Å². The first-order valence-electron chi connectivity index (χ1n) is 7.72. The summed E-state index contributed by atoms with van der Waals surface area (Å²) in [5, 5.41) is 27.9. The molecule has 1 atom stereocenters. The van der Waals surface area contributed by atoms with E-state index in [0.29, 0.717) is 19.6 Å². The second-order valence-electron chi connectivity index (χ2n) is 6.49. The quantitative estimate of drug-likeness (QED) is 0.635. The third-order valence-electron chi connectivity index (χ3n) is 3.46. The maximum Gasteiger partial charge on any atom is 0.119 e. The van der Waals surface area contributed by atoms with Crippen molar-refractivity contribution in [3.63, 3.8) is 0 Å². The largest absolute Gasteiger partial charge is 0.491 e. The molecule has 22 heavy (non-hydrogen) atoms. The predicted octanol–water partition coefficient (Wildman–Crippen LogP) is 1.01. The van der Waals surface area contributed by atoms with Gasteiger partial charge in [0.25, 0.3) is 0 Å². The summed E-state index contributed by atoms with van der Waals surface area (Å²) in [5.74, 6) is 0.725. The van der Waals surface area contributed by atoms with Gasteiger partial charge in [-0.25, -0.2) is 0 Å². The molecule has 0 amide bonds. The number of aliphatic hydroxyl groups is 3. The summed E-state index contributed by atoms with van der Waals surface area (Å²) >= 11 is 0. The molecule has 0 unspecified atom stereocenters. The molecule has 5 heteroatoms. The van der Waals surface area contributed by atoms with Gasteiger partial charge in [0.2, 0.25) is 0 Å². The zero-order valence-corrected chi connectivity index (χ0v) is 13.8. The minimum absolute atomic E-state index is 0.00183. The molecule has 1 rings (SSSR count). The van der Waals surface area contributed by atoms with Gasteiger partial charge in [-0.3, -0.25) is 4.90 Å². The van der Waals surface area contributed by atoms with Gasteiger partial charge in [0.15, 0.2) is 0 Å². The first-order valence-corrected chi connectivity index (χ1v) is 7.72. The van der Waals surface area contributed by atoms with E-state index in [1.165, 1.54) is 5.56 Å². The number of hydrogen-bond acceptors (Lipinski definition) is 5. The molecule has 3 N–H and O–H groups in total. The van der Waals surface area contributed by atoms with Crippen LogP contribution in [0.25, 0.3) is 0 Å². The van der Waals surface area contributed by atoms with Crippen LogP contribution in [0.3, 0.4) is 0 Å². The van der Waals surface area contributed by atoms with Gasteiger partial charge in [0.1, 0.15) is 18.5 Å². The molecule has 0 aromatic heterocycles. The highest BCUT2D eigenvalue weighted by atomic mass is 16.5. The Kier molecular flexibility index (Phi) is 7.82. The third-order valence-corrected chi connectivity index (χ3v) is 3.46. The molecule has 0 saturated heterocycles. The smallest absolute Gasteiger partial charge is 0.119 e. The van der Waals surface area contributed by atoms with Gasteiger partial charge in [-0.05, 0) is 23.1 Å². The first kappa shape index (κ1) is 18.9. The van der Waals surface area contributed by atoms with Crippen LogP contribution < -0.4 is 4.74 Å². The summed E-state index contributed by atoms with van der Waals surface area (Å²) in [6.45, 7) is 7.87. The number of rotatable bonds is 9. The summed E-state index contributed by atoms with van der Waals surface area (Å²) in [7, 11) is 0. The van der Waals surface area contributed by atoms with E-state index in [2.05, 4.69) is 20.8 Å². The van der Waals surface area contributed by atoms with Gasteiger partial charge in [0, 0.05) is 19.6 Å². The van der Waals surface area contributed by atoms with Crippen molar-refractivity contribution in [1.29, 1.82) is 0 Å². The van der Waals surface area contributed by atoms with Crippen molar-refractivity contribution in [2.75, 3.05) is 39.5 Å². The fourth-order valence-electron chi connectivity index (χ4n) is 2.17. The molecule has 1 aromatic carbocycles. The fraction of sp³-hybridized carbons (Fsp3) is 0.647. The van der Waals surface area contributed by atoms with Gasteiger partial charge in [-0.2, -0.15) is 0 Å². The summed E-state index contributed by atoms with van der Waals surface area (Å²) in [4.78, 5) is 1.80. The highest BCUT2D eigenvalue weighted by Gasteiger charge is 2.14. The molecule has 0 radical (unpaired) electrons. The van der Waals surface area contributed by atoms with Gasteiger partial charge in [0.05, 0.1) is 13.2 Å². The Balaban J connectivity index is 2.44. The van der Waals surface area contributed by atoms with Gasteiger partial charge < -0.3 is 20.1 Å². The summed E-state index contributed by atoms with van der Waals surface area (Å²) in [5.41, 5.74) is 1.34. The average Bonchev–Trinajstić information content (AvgIpc) is 2.45. The number of ether oxygens (including phenoxy) is 1. The highest BCUT2D eigenvalue weighted by Crippen LogP contribution is 2.24. The van der Waals surface area contributed by atoms with Crippen LogP contribution in [0.5, 0.6) is 5.75 Å². The van der Waals surface area contributed by atoms with Crippen LogP contribution in [0, 0.1) is 0 Å².